The summed E-state index contributed by atoms with van der Waals surface area (Å²) in [7, 11) is 2.09. The predicted molar refractivity (Wildman–Crippen MR) is 93.6 cm³/mol. The molecule has 1 N–H and O–H groups in total. The van der Waals surface area contributed by atoms with Crippen LogP contribution >= 0.6 is 0 Å². The summed E-state index contributed by atoms with van der Waals surface area (Å²) in [6, 6.07) is 10.0. The van der Waals surface area contributed by atoms with Gasteiger partial charge in [-0.15, -0.1) is 0 Å². The number of hydrogen-bond donors (Lipinski definition) is 1. The molecule has 1 aliphatic heterocycles. The van der Waals surface area contributed by atoms with Crippen molar-refractivity contribution in [3.05, 3.63) is 42.7 Å². The standard InChI is InChI=1S/C18H21N5O/c1-21-8-10-22(11-9-21)17(24)13-23-7-3-5-16(23)15-12-14-4-2-6-19-18(14)20-15/h2-7,12H,8-11,13H2,1H3,(H,19,20). The molecule has 0 bridgehead atoms. The van der Waals surface area contributed by atoms with Gasteiger partial charge in [0.05, 0.1) is 11.4 Å². The molecule has 0 spiro atoms. The topological polar surface area (TPSA) is 57.2 Å². The number of aromatic amines is 1. The Morgan fingerprint density at radius 1 is 1.21 bits per heavy atom. The van der Waals surface area contributed by atoms with Gasteiger partial charge in [-0.2, -0.15) is 0 Å². The SMILES string of the molecule is CN1CCN(C(=O)Cn2cccc2-c2cc3cccnc3[nH]2)CC1. The van der Waals surface area contributed by atoms with E-state index in [1.54, 1.807) is 6.20 Å². The normalized spacial score (nSPS) is 16.0. The van der Waals surface area contributed by atoms with E-state index in [4.69, 9.17) is 0 Å². The average Bonchev–Trinajstić information content (AvgIpc) is 3.21. The summed E-state index contributed by atoms with van der Waals surface area (Å²) in [5.41, 5.74) is 2.86. The predicted octanol–water partition coefficient (Wildman–Crippen LogP) is 1.81. The summed E-state index contributed by atoms with van der Waals surface area (Å²) in [6.45, 7) is 3.87. The minimum Gasteiger partial charge on any atom is -0.339 e. The molecule has 1 saturated heterocycles. The van der Waals surface area contributed by atoms with Gasteiger partial charge in [-0.05, 0) is 37.4 Å². The number of carbonyl (C=O) groups excluding carboxylic acids is 1. The third-order valence-electron chi connectivity index (χ3n) is 4.66. The molecule has 1 amide bonds. The number of nitrogens with one attached hydrogen (secondary N) is 1. The first-order chi connectivity index (χ1) is 11.7. The number of likely N-dealkylation sites (N-methyl/N-ethyl adjacent to an activating group) is 1. The molecular weight excluding hydrogens is 302 g/mol. The summed E-state index contributed by atoms with van der Waals surface area (Å²) in [5.74, 6) is 0.176. The van der Waals surface area contributed by atoms with E-state index < -0.39 is 0 Å². The van der Waals surface area contributed by atoms with Gasteiger partial charge in [0, 0.05) is 44.0 Å². The quantitative estimate of drug-likeness (QED) is 0.800. The fraction of sp³-hybridized carbons (Fsp3) is 0.333. The summed E-state index contributed by atoms with van der Waals surface area (Å²) >= 11 is 0. The van der Waals surface area contributed by atoms with Crippen LogP contribution in [0.15, 0.2) is 42.7 Å². The van der Waals surface area contributed by atoms with Crippen LogP contribution in [0.5, 0.6) is 0 Å². The number of fused-ring (bicyclic) bond motifs is 1. The number of hydrogen-bond acceptors (Lipinski definition) is 3. The Kier molecular flexibility index (Phi) is 3.82. The van der Waals surface area contributed by atoms with Crippen LogP contribution in [0.4, 0.5) is 0 Å². The number of H-pyrrole nitrogens is 1. The molecular formula is C18H21N5O. The molecule has 1 aliphatic rings. The lowest BCUT2D eigenvalue weighted by atomic mass is 10.2. The summed E-state index contributed by atoms with van der Waals surface area (Å²) in [5, 5.41) is 1.07. The van der Waals surface area contributed by atoms with Crippen LogP contribution in [0, 0.1) is 0 Å². The second kappa shape index (κ2) is 6.13. The fourth-order valence-corrected chi connectivity index (χ4v) is 3.19. The van der Waals surface area contributed by atoms with Gasteiger partial charge in [0.2, 0.25) is 5.91 Å². The molecule has 4 heterocycles. The van der Waals surface area contributed by atoms with Crippen molar-refractivity contribution in [3.63, 3.8) is 0 Å². The number of rotatable bonds is 3. The summed E-state index contributed by atoms with van der Waals surface area (Å²) in [4.78, 5) is 24.5. The Bertz CT molecular complexity index is 824. The van der Waals surface area contributed by atoms with Crippen LogP contribution in [-0.4, -0.2) is 63.5 Å². The highest BCUT2D eigenvalue weighted by Crippen LogP contribution is 2.23. The number of aromatic nitrogens is 3. The van der Waals surface area contributed by atoms with Gasteiger partial charge < -0.3 is 19.4 Å². The zero-order valence-corrected chi connectivity index (χ0v) is 13.8. The van der Waals surface area contributed by atoms with E-state index in [1.807, 2.05) is 39.9 Å². The molecule has 3 aromatic rings. The highest BCUT2D eigenvalue weighted by atomic mass is 16.2. The molecule has 0 unspecified atom stereocenters. The lowest BCUT2D eigenvalue weighted by Crippen LogP contribution is -2.48. The maximum absolute atomic E-state index is 12.6. The Labute approximate surface area is 140 Å². The van der Waals surface area contributed by atoms with E-state index in [0.717, 1.165) is 48.6 Å². The van der Waals surface area contributed by atoms with Crippen molar-refractivity contribution in [1.29, 1.82) is 0 Å². The highest BCUT2D eigenvalue weighted by Gasteiger charge is 2.20. The maximum Gasteiger partial charge on any atom is 0.242 e. The maximum atomic E-state index is 12.6. The number of pyridine rings is 1. The molecule has 0 atom stereocenters. The van der Waals surface area contributed by atoms with Crippen molar-refractivity contribution in [3.8, 4) is 11.4 Å². The van der Waals surface area contributed by atoms with Crippen LogP contribution in [0.1, 0.15) is 0 Å². The van der Waals surface area contributed by atoms with Crippen LogP contribution in [0.3, 0.4) is 0 Å². The highest BCUT2D eigenvalue weighted by molar-refractivity contribution is 5.83. The lowest BCUT2D eigenvalue weighted by Gasteiger charge is -2.32. The first-order valence-electron chi connectivity index (χ1n) is 8.26. The van der Waals surface area contributed by atoms with Gasteiger partial charge in [0.25, 0.3) is 0 Å². The van der Waals surface area contributed by atoms with Gasteiger partial charge in [-0.25, -0.2) is 4.98 Å². The number of nitrogens with zero attached hydrogens (tertiary/aromatic N) is 4. The molecule has 4 rings (SSSR count). The fourth-order valence-electron chi connectivity index (χ4n) is 3.19. The molecule has 0 saturated carbocycles. The monoisotopic (exact) mass is 323 g/mol. The third kappa shape index (κ3) is 2.80. The Morgan fingerprint density at radius 2 is 2.04 bits per heavy atom. The Hall–Kier alpha value is -2.60. The molecule has 6 heteroatoms. The van der Waals surface area contributed by atoms with Crippen molar-refractivity contribution in [2.24, 2.45) is 0 Å². The molecule has 0 aromatic carbocycles. The van der Waals surface area contributed by atoms with Gasteiger partial charge in [0.1, 0.15) is 12.2 Å². The molecule has 3 aromatic heterocycles. The Balaban J connectivity index is 1.55. The smallest absolute Gasteiger partial charge is 0.242 e. The first kappa shape index (κ1) is 15.0. The minimum atomic E-state index is 0.176. The van der Waals surface area contributed by atoms with E-state index in [2.05, 4.69) is 28.0 Å². The first-order valence-corrected chi connectivity index (χ1v) is 8.26. The second-order valence-corrected chi connectivity index (χ2v) is 6.33. The van der Waals surface area contributed by atoms with Gasteiger partial charge in [-0.3, -0.25) is 4.79 Å². The van der Waals surface area contributed by atoms with Crippen LogP contribution < -0.4 is 0 Å². The number of piperazine rings is 1. The zero-order chi connectivity index (χ0) is 16.5. The molecule has 0 aliphatic carbocycles. The van der Waals surface area contributed by atoms with Crippen LogP contribution in [0.2, 0.25) is 0 Å². The minimum absolute atomic E-state index is 0.176. The summed E-state index contributed by atoms with van der Waals surface area (Å²) in [6.07, 6.45) is 3.74. The van der Waals surface area contributed by atoms with E-state index in [1.165, 1.54) is 0 Å². The van der Waals surface area contributed by atoms with Crippen molar-refractivity contribution in [2.75, 3.05) is 33.2 Å². The van der Waals surface area contributed by atoms with Crippen molar-refractivity contribution < 1.29 is 4.79 Å². The largest absolute Gasteiger partial charge is 0.339 e. The molecule has 24 heavy (non-hydrogen) atoms. The molecule has 6 nitrogen and oxygen atoms in total. The number of carbonyl (C=O) groups is 1. The molecule has 1 fully saturated rings. The second-order valence-electron chi connectivity index (χ2n) is 6.33. The van der Waals surface area contributed by atoms with E-state index in [0.29, 0.717) is 6.54 Å². The Morgan fingerprint density at radius 3 is 2.83 bits per heavy atom. The zero-order valence-electron chi connectivity index (χ0n) is 13.8. The van der Waals surface area contributed by atoms with E-state index >= 15 is 0 Å². The van der Waals surface area contributed by atoms with Gasteiger partial charge in [-0.1, -0.05) is 0 Å². The van der Waals surface area contributed by atoms with Crippen molar-refractivity contribution in [2.45, 2.75) is 6.54 Å². The van der Waals surface area contributed by atoms with Crippen molar-refractivity contribution in [1.82, 2.24) is 24.3 Å². The van der Waals surface area contributed by atoms with Crippen LogP contribution in [-0.2, 0) is 11.3 Å². The van der Waals surface area contributed by atoms with E-state index in [-0.39, 0.29) is 5.91 Å². The van der Waals surface area contributed by atoms with Gasteiger partial charge >= 0.3 is 0 Å². The average molecular weight is 323 g/mol. The molecule has 124 valence electrons. The van der Waals surface area contributed by atoms with Crippen LogP contribution in [0.25, 0.3) is 22.4 Å². The van der Waals surface area contributed by atoms with Gasteiger partial charge in [0.15, 0.2) is 0 Å². The third-order valence-corrected chi connectivity index (χ3v) is 4.66. The lowest BCUT2D eigenvalue weighted by molar-refractivity contribution is -0.133. The summed E-state index contributed by atoms with van der Waals surface area (Å²) < 4.78 is 2.01. The number of amides is 1. The van der Waals surface area contributed by atoms with E-state index in [9.17, 15) is 4.79 Å². The van der Waals surface area contributed by atoms with Crippen molar-refractivity contribution >= 4 is 16.9 Å². The molecule has 0 radical (unpaired) electrons.